The standard InChI is InChI=1S/C21H30N2O3/c1-11(2)26-20(25)17-12(3)18(22-13(17)4)19(24)23-21-8-14-5-15(9-21)7-16(6-14)10-21/h11,14-16,22H,5-10H2,1-4H3,(H,23,24). The smallest absolute Gasteiger partial charge is 0.340 e. The van der Waals surface area contributed by atoms with Crippen molar-refractivity contribution in [2.45, 2.75) is 77.9 Å². The maximum Gasteiger partial charge on any atom is 0.340 e. The SMILES string of the molecule is Cc1[nH]c(C(=O)NC23CC4CC(CC(C4)C2)C3)c(C)c1C(=O)OC(C)C. The summed E-state index contributed by atoms with van der Waals surface area (Å²) in [6.07, 6.45) is 7.21. The van der Waals surface area contributed by atoms with Crippen LogP contribution in [0.5, 0.6) is 0 Å². The topological polar surface area (TPSA) is 71.2 Å². The van der Waals surface area contributed by atoms with Crippen LogP contribution in [0.4, 0.5) is 0 Å². The zero-order valence-electron chi connectivity index (χ0n) is 16.3. The molecule has 4 aliphatic carbocycles. The lowest BCUT2D eigenvalue weighted by Crippen LogP contribution is -2.59. The predicted octanol–water partition coefficient (Wildman–Crippen LogP) is 3.90. The van der Waals surface area contributed by atoms with Crippen LogP contribution in [-0.4, -0.2) is 28.5 Å². The molecule has 5 heteroatoms. The van der Waals surface area contributed by atoms with Gasteiger partial charge in [0.1, 0.15) is 5.69 Å². The first-order valence-corrected chi connectivity index (χ1v) is 9.99. The van der Waals surface area contributed by atoms with Gasteiger partial charge < -0.3 is 15.0 Å². The Hall–Kier alpha value is -1.78. The molecule has 0 aliphatic heterocycles. The van der Waals surface area contributed by atoms with Gasteiger partial charge in [0.05, 0.1) is 11.7 Å². The minimum atomic E-state index is -0.361. The van der Waals surface area contributed by atoms with Crippen LogP contribution >= 0.6 is 0 Å². The van der Waals surface area contributed by atoms with Crippen molar-refractivity contribution in [2.75, 3.05) is 0 Å². The maximum absolute atomic E-state index is 13.1. The van der Waals surface area contributed by atoms with Crippen molar-refractivity contribution in [2.24, 2.45) is 17.8 Å². The molecule has 1 aromatic heterocycles. The summed E-state index contributed by atoms with van der Waals surface area (Å²) in [4.78, 5) is 28.6. The first kappa shape index (κ1) is 17.6. The van der Waals surface area contributed by atoms with Crippen LogP contribution in [-0.2, 0) is 4.74 Å². The Morgan fingerprint density at radius 3 is 2.12 bits per heavy atom. The highest BCUT2D eigenvalue weighted by atomic mass is 16.5. The van der Waals surface area contributed by atoms with Crippen LogP contribution in [0.1, 0.15) is 84.5 Å². The number of aryl methyl sites for hydroxylation is 1. The van der Waals surface area contributed by atoms with Gasteiger partial charge in [-0.05, 0) is 89.5 Å². The van der Waals surface area contributed by atoms with Crippen molar-refractivity contribution in [1.82, 2.24) is 10.3 Å². The fraction of sp³-hybridized carbons (Fsp3) is 0.714. The van der Waals surface area contributed by atoms with Crippen LogP contribution in [0, 0.1) is 31.6 Å². The molecule has 0 radical (unpaired) electrons. The Morgan fingerprint density at radius 1 is 1.08 bits per heavy atom. The van der Waals surface area contributed by atoms with Gasteiger partial charge in [-0.2, -0.15) is 0 Å². The van der Waals surface area contributed by atoms with E-state index in [1.54, 1.807) is 0 Å². The molecule has 5 nitrogen and oxygen atoms in total. The summed E-state index contributed by atoms with van der Waals surface area (Å²) in [5.74, 6) is 1.91. The molecule has 4 bridgehead atoms. The molecule has 142 valence electrons. The summed E-state index contributed by atoms with van der Waals surface area (Å²) in [6, 6.07) is 0. The van der Waals surface area contributed by atoms with Crippen molar-refractivity contribution in [3.63, 3.8) is 0 Å². The number of hydrogen-bond donors (Lipinski definition) is 2. The lowest BCUT2D eigenvalue weighted by atomic mass is 9.53. The molecular weight excluding hydrogens is 328 g/mol. The molecule has 1 aromatic rings. The molecule has 0 spiro atoms. The third-order valence-electron chi connectivity index (χ3n) is 6.63. The number of rotatable bonds is 4. The second kappa shape index (κ2) is 6.14. The first-order chi connectivity index (χ1) is 12.3. The number of carbonyl (C=O) groups excluding carboxylic acids is 2. The molecule has 0 saturated heterocycles. The lowest BCUT2D eigenvalue weighted by Gasteiger charge is -2.56. The minimum Gasteiger partial charge on any atom is -0.459 e. The van der Waals surface area contributed by atoms with Gasteiger partial charge in [0.2, 0.25) is 0 Å². The fourth-order valence-corrected chi connectivity index (χ4v) is 6.12. The number of amides is 1. The van der Waals surface area contributed by atoms with Gasteiger partial charge in [-0.25, -0.2) is 4.79 Å². The van der Waals surface area contributed by atoms with Gasteiger partial charge in [-0.3, -0.25) is 4.79 Å². The number of hydrogen-bond acceptors (Lipinski definition) is 3. The van der Waals surface area contributed by atoms with E-state index in [1.165, 1.54) is 19.3 Å². The molecule has 0 aromatic carbocycles. The molecular formula is C21H30N2O3. The second-order valence-corrected chi connectivity index (χ2v) is 9.23. The second-order valence-electron chi connectivity index (χ2n) is 9.23. The highest BCUT2D eigenvalue weighted by Crippen LogP contribution is 2.55. The van der Waals surface area contributed by atoms with E-state index in [1.807, 2.05) is 27.7 Å². The molecule has 4 aliphatic rings. The van der Waals surface area contributed by atoms with E-state index in [0.29, 0.717) is 22.5 Å². The summed E-state index contributed by atoms with van der Waals surface area (Å²) >= 11 is 0. The third kappa shape index (κ3) is 2.95. The number of nitrogens with one attached hydrogen (secondary N) is 2. The molecule has 0 atom stereocenters. The largest absolute Gasteiger partial charge is 0.459 e. The Bertz CT molecular complexity index is 711. The molecule has 4 fully saturated rings. The van der Waals surface area contributed by atoms with Gasteiger partial charge in [0.25, 0.3) is 5.91 Å². The zero-order valence-corrected chi connectivity index (χ0v) is 16.3. The number of carbonyl (C=O) groups is 2. The first-order valence-electron chi connectivity index (χ1n) is 9.99. The normalized spacial score (nSPS) is 32.1. The number of esters is 1. The molecule has 1 heterocycles. The molecule has 1 amide bonds. The Kier molecular flexibility index (Phi) is 4.16. The average Bonchev–Trinajstić information content (AvgIpc) is 2.79. The molecule has 2 N–H and O–H groups in total. The number of H-pyrrole nitrogens is 1. The van der Waals surface area contributed by atoms with Crippen molar-refractivity contribution < 1.29 is 14.3 Å². The Labute approximate surface area is 155 Å². The Balaban J connectivity index is 1.55. The molecule has 5 rings (SSSR count). The summed E-state index contributed by atoms with van der Waals surface area (Å²) < 4.78 is 5.33. The van der Waals surface area contributed by atoms with Crippen LogP contribution < -0.4 is 5.32 Å². The summed E-state index contributed by atoms with van der Waals surface area (Å²) in [5.41, 5.74) is 2.36. The third-order valence-corrected chi connectivity index (χ3v) is 6.63. The van der Waals surface area contributed by atoms with Gasteiger partial charge in [-0.15, -0.1) is 0 Å². The van der Waals surface area contributed by atoms with E-state index < -0.39 is 0 Å². The lowest BCUT2D eigenvalue weighted by molar-refractivity contribution is -0.0167. The van der Waals surface area contributed by atoms with E-state index in [-0.39, 0.29) is 23.5 Å². The van der Waals surface area contributed by atoms with Gasteiger partial charge in [-0.1, -0.05) is 0 Å². The molecule has 0 unspecified atom stereocenters. The number of aromatic amines is 1. The maximum atomic E-state index is 13.1. The number of ether oxygens (including phenoxy) is 1. The summed E-state index contributed by atoms with van der Waals surface area (Å²) in [7, 11) is 0. The highest BCUT2D eigenvalue weighted by molar-refractivity contribution is 6.00. The molecule has 4 saturated carbocycles. The van der Waals surface area contributed by atoms with Gasteiger partial charge in [0, 0.05) is 11.2 Å². The fourth-order valence-electron chi connectivity index (χ4n) is 6.12. The quantitative estimate of drug-likeness (QED) is 0.802. The average molecular weight is 358 g/mol. The van der Waals surface area contributed by atoms with Gasteiger partial charge in [0.15, 0.2) is 0 Å². The van der Waals surface area contributed by atoms with E-state index in [4.69, 9.17) is 4.74 Å². The zero-order chi connectivity index (χ0) is 18.6. The van der Waals surface area contributed by atoms with Gasteiger partial charge >= 0.3 is 5.97 Å². The van der Waals surface area contributed by atoms with Crippen LogP contribution in [0.15, 0.2) is 0 Å². The van der Waals surface area contributed by atoms with E-state index >= 15 is 0 Å². The Morgan fingerprint density at radius 2 is 1.62 bits per heavy atom. The van der Waals surface area contributed by atoms with Crippen molar-refractivity contribution >= 4 is 11.9 Å². The highest BCUT2D eigenvalue weighted by Gasteiger charge is 2.51. The minimum absolute atomic E-state index is 0.0319. The predicted molar refractivity (Wildman–Crippen MR) is 99.2 cm³/mol. The van der Waals surface area contributed by atoms with Crippen molar-refractivity contribution in [1.29, 1.82) is 0 Å². The van der Waals surface area contributed by atoms with E-state index in [2.05, 4.69) is 10.3 Å². The summed E-state index contributed by atoms with van der Waals surface area (Å²) in [5, 5.41) is 3.38. The van der Waals surface area contributed by atoms with Crippen molar-refractivity contribution in [3.8, 4) is 0 Å². The van der Waals surface area contributed by atoms with Crippen LogP contribution in [0.25, 0.3) is 0 Å². The van der Waals surface area contributed by atoms with E-state index in [9.17, 15) is 9.59 Å². The van der Waals surface area contributed by atoms with E-state index in [0.717, 1.165) is 37.0 Å². The summed E-state index contributed by atoms with van der Waals surface area (Å²) in [6.45, 7) is 7.31. The van der Waals surface area contributed by atoms with Crippen LogP contribution in [0.2, 0.25) is 0 Å². The van der Waals surface area contributed by atoms with Crippen LogP contribution in [0.3, 0.4) is 0 Å². The monoisotopic (exact) mass is 358 g/mol. The van der Waals surface area contributed by atoms with Crippen molar-refractivity contribution in [3.05, 3.63) is 22.5 Å². The number of aromatic nitrogens is 1. The molecule has 26 heavy (non-hydrogen) atoms.